The molecule has 3 rings (SSSR count). The maximum atomic E-state index is 12.6. The first-order chi connectivity index (χ1) is 13.9. The summed E-state index contributed by atoms with van der Waals surface area (Å²) >= 11 is 0. The second-order valence-corrected chi connectivity index (χ2v) is 7.86. The van der Waals surface area contributed by atoms with Gasteiger partial charge in [0.2, 0.25) is 5.91 Å². The summed E-state index contributed by atoms with van der Waals surface area (Å²) in [7, 11) is 1.34. The Labute approximate surface area is 171 Å². The summed E-state index contributed by atoms with van der Waals surface area (Å²) in [5, 5.41) is 7.04. The van der Waals surface area contributed by atoms with Crippen molar-refractivity contribution in [3.05, 3.63) is 18.0 Å². The van der Waals surface area contributed by atoms with Gasteiger partial charge in [-0.15, -0.1) is 0 Å². The molecule has 8 nitrogen and oxygen atoms in total. The van der Waals surface area contributed by atoms with Crippen molar-refractivity contribution in [2.75, 3.05) is 31.0 Å². The molecule has 158 valence electrons. The van der Waals surface area contributed by atoms with Crippen molar-refractivity contribution in [1.82, 2.24) is 9.55 Å². The van der Waals surface area contributed by atoms with Crippen LogP contribution in [-0.4, -0.2) is 47.8 Å². The van der Waals surface area contributed by atoms with Crippen LogP contribution in [0.15, 0.2) is 12.3 Å². The van der Waals surface area contributed by atoms with Crippen molar-refractivity contribution in [3.8, 4) is 0 Å². The van der Waals surface area contributed by atoms with Crippen LogP contribution in [0.25, 0.3) is 11.0 Å². The molecule has 0 aromatic carbocycles. The number of nitrogens with one attached hydrogen (secondary N) is 2. The number of hydrogen-bond donors (Lipinski definition) is 2. The number of aromatic nitrogens is 2. The molecule has 29 heavy (non-hydrogen) atoms. The molecule has 3 heterocycles. The second kappa shape index (κ2) is 9.26. The Morgan fingerprint density at radius 3 is 2.69 bits per heavy atom. The van der Waals surface area contributed by atoms with E-state index in [1.54, 1.807) is 6.20 Å². The summed E-state index contributed by atoms with van der Waals surface area (Å²) in [5.41, 5.74) is 2.29. The fourth-order valence-corrected chi connectivity index (χ4v) is 3.60. The lowest BCUT2D eigenvalue weighted by atomic mass is 10.1. The minimum Gasteiger partial charge on any atom is -0.464 e. The van der Waals surface area contributed by atoms with Crippen LogP contribution in [0.4, 0.5) is 11.4 Å². The minimum absolute atomic E-state index is 0.249. The number of hydrogen-bond acceptors (Lipinski definition) is 6. The number of rotatable bonds is 7. The number of ether oxygens (including phenoxy) is 2. The van der Waals surface area contributed by atoms with E-state index in [0.29, 0.717) is 35.5 Å². The number of pyridine rings is 1. The number of fused-ring (bicyclic) bond motifs is 1. The van der Waals surface area contributed by atoms with E-state index in [-0.39, 0.29) is 5.91 Å². The van der Waals surface area contributed by atoms with Crippen molar-refractivity contribution < 1.29 is 19.1 Å². The Balaban J connectivity index is 2.08. The number of esters is 1. The fraction of sp³-hybridized carbons (Fsp3) is 0.571. The molecule has 2 aromatic rings. The number of carbonyl (C=O) groups is 2. The third-order valence-electron chi connectivity index (χ3n) is 5.10. The standard InChI is InChI=1S/C21H30N4O4/c1-13(2)5-8-25-19(21(27)28-4)18(23-14(3)26)17-11-16(12-22-20(17)25)24-15-6-9-29-10-7-15/h11-13,15,24H,5-10H2,1-4H3,(H,23,26). The quantitative estimate of drug-likeness (QED) is 0.689. The average molecular weight is 402 g/mol. The average Bonchev–Trinajstić information content (AvgIpc) is 2.99. The van der Waals surface area contributed by atoms with Gasteiger partial charge in [-0.2, -0.15) is 0 Å². The molecule has 1 aliphatic heterocycles. The van der Waals surface area contributed by atoms with Crippen LogP contribution in [0.2, 0.25) is 0 Å². The normalized spacial score (nSPS) is 14.9. The first-order valence-electron chi connectivity index (χ1n) is 10.1. The van der Waals surface area contributed by atoms with E-state index in [2.05, 4.69) is 29.5 Å². The smallest absolute Gasteiger partial charge is 0.356 e. The van der Waals surface area contributed by atoms with E-state index >= 15 is 0 Å². The largest absolute Gasteiger partial charge is 0.464 e. The van der Waals surface area contributed by atoms with E-state index in [1.807, 2.05) is 10.6 Å². The van der Waals surface area contributed by atoms with Crippen LogP contribution in [0.3, 0.4) is 0 Å². The summed E-state index contributed by atoms with van der Waals surface area (Å²) < 4.78 is 12.3. The summed E-state index contributed by atoms with van der Waals surface area (Å²) in [5.74, 6) is -0.285. The molecular weight excluding hydrogens is 372 g/mol. The summed E-state index contributed by atoms with van der Waals surface area (Å²) in [6.07, 6.45) is 4.51. The first-order valence-corrected chi connectivity index (χ1v) is 10.1. The second-order valence-electron chi connectivity index (χ2n) is 7.86. The van der Waals surface area contributed by atoms with Crippen LogP contribution in [0, 0.1) is 5.92 Å². The predicted octanol–water partition coefficient (Wildman–Crippen LogP) is 3.42. The highest BCUT2D eigenvalue weighted by Crippen LogP contribution is 2.33. The third-order valence-corrected chi connectivity index (χ3v) is 5.10. The summed E-state index contributed by atoms with van der Waals surface area (Å²) in [4.78, 5) is 29.1. The minimum atomic E-state index is -0.491. The van der Waals surface area contributed by atoms with Gasteiger partial charge in [-0.3, -0.25) is 4.79 Å². The van der Waals surface area contributed by atoms with Gasteiger partial charge in [0.25, 0.3) is 0 Å². The zero-order valence-electron chi connectivity index (χ0n) is 17.6. The van der Waals surface area contributed by atoms with Crippen molar-refractivity contribution in [3.63, 3.8) is 0 Å². The number of nitrogens with zero attached hydrogens (tertiary/aromatic N) is 2. The molecular formula is C21H30N4O4. The first kappa shape index (κ1) is 21.1. The molecule has 0 saturated carbocycles. The number of carbonyl (C=O) groups excluding carboxylic acids is 2. The Morgan fingerprint density at radius 2 is 2.07 bits per heavy atom. The fourth-order valence-electron chi connectivity index (χ4n) is 3.60. The zero-order chi connectivity index (χ0) is 21.0. The molecule has 1 saturated heterocycles. The highest BCUT2D eigenvalue weighted by Gasteiger charge is 2.26. The van der Waals surface area contributed by atoms with E-state index in [1.165, 1.54) is 14.0 Å². The molecule has 8 heteroatoms. The molecule has 2 N–H and O–H groups in total. The maximum absolute atomic E-state index is 12.6. The Morgan fingerprint density at radius 1 is 1.34 bits per heavy atom. The third kappa shape index (κ3) is 4.87. The van der Waals surface area contributed by atoms with Gasteiger partial charge >= 0.3 is 5.97 Å². The van der Waals surface area contributed by atoms with E-state index in [4.69, 9.17) is 9.47 Å². The lowest BCUT2D eigenvalue weighted by Gasteiger charge is -2.24. The molecule has 0 bridgehead atoms. The van der Waals surface area contributed by atoms with Gasteiger partial charge in [-0.1, -0.05) is 13.8 Å². The van der Waals surface area contributed by atoms with Gasteiger partial charge in [0.15, 0.2) is 5.69 Å². The summed E-state index contributed by atoms with van der Waals surface area (Å²) in [6.45, 7) is 7.77. The number of anilines is 2. The van der Waals surface area contributed by atoms with E-state index in [0.717, 1.165) is 43.5 Å². The van der Waals surface area contributed by atoms with Gasteiger partial charge in [0.1, 0.15) is 5.65 Å². The van der Waals surface area contributed by atoms with Crippen LogP contribution < -0.4 is 10.6 Å². The molecule has 2 aromatic heterocycles. The van der Waals surface area contributed by atoms with Gasteiger partial charge < -0.3 is 24.7 Å². The van der Waals surface area contributed by atoms with E-state index in [9.17, 15) is 9.59 Å². The van der Waals surface area contributed by atoms with Gasteiger partial charge in [-0.25, -0.2) is 9.78 Å². The number of amides is 1. The van der Waals surface area contributed by atoms with Crippen LogP contribution in [0.5, 0.6) is 0 Å². The number of methoxy groups -OCH3 is 1. The topological polar surface area (TPSA) is 94.5 Å². The van der Waals surface area contributed by atoms with Gasteiger partial charge in [0.05, 0.1) is 24.7 Å². The lowest BCUT2D eigenvalue weighted by Crippen LogP contribution is -2.27. The zero-order valence-corrected chi connectivity index (χ0v) is 17.6. The molecule has 0 atom stereocenters. The molecule has 0 unspecified atom stereocenters. The molecule has 0 aliphatic carbocycles. The van der Waals surface area contributed by atoms with Crippen LogP contribution in [0.1, 0.15) is 50.5 Å². The van der Waals surface area contributed by atoms with Gasteiger partial charge in [-0.05, 0) is 31.2 Å². The Hall–Kier alpha value is -2.61. The predicted molar refractivity (Wildman–Crippen MR) is 112 cm³/mol. The summed E-state index contributed by atoms with van der Waals surface area (Å²) in [6, 6.07) is 2.26. The van der Waals surface area contributed by atoms with Crippen LogP contribution in [-0.2, 0) is 20.8 Å². The van der Waals surface area contributed by atoms with Gasteiger partial charge in [0, 0.05) is 38.1 Å². The Bertz CT molecular complexity index is 884. The lowest BCUT2D eigenvalue weighted by molar-refractivity contribution is -0.114. The van der Waals surface area contributed by atoms with Crippen molar-refractivity contribution >= 4 is 34.3 Å². The Kier molecular flexibility index (Phi) is 6.74. The van der Waals surface area contributed by atoms with Crippen molar-refractivity contribution in [2.45, 2.75) is 52.6 Å². The molecule has 0 spiro atoms. The highest BCUT2D eigenvalue weighted by atomic mass is 16.5. The van der Waals surface area contributed by atoms with Crippen molar-refractivity contribution in [1.29, 1.82) is 0 Å². The SMILES string of the molecule is COC(=O)c1c(NC(C)=O)c2cc(NC3CCOCC3)cnc2n1CCC(C)C. The highest BCUT2D eigenvalue weighted by molar-refractivity contribution is 6.10. The monoisotopic (exact) mass is 402 g/mol. The van der Waals surface area contributed by atoms with Crippen LogP contribution >= 0.6 is 0 Å². The molecule has 1 fully saturated rings. The molecule has 0 radical (unpaired) electrons. The molecule has 1 amide bonds. The number of aryl methyl sites for hydroxylation is 1. The molecule has 1 aliphatic rings. The van der Waals surface area contributed by atoms with Crippen molar-refractivity contribution in [2.24, 2.45) is 5.92 Å². The maximum Gasteiger partial charge on any atom is 0.356 e. The van der Waals surface area contributed by atoms with E-state index < -0.39 is 5.97 Å².